The van der Waals surface area contributed by atoms with E-state index in [2.05, 4.69) is 15.6 Å². The van der Waals surface area contributed by atoms with Crippen molar-refractivity contribution in [3.8, 4) is 0 Å². The van der Waals surface area contributed by atoms with E-state index in [0.29, 0.717) is 4.80 Å². The molecule has 0 unspecified atom stereocenters. The molecule has 0 radical (unpaired) electrons. The number of hydrogen-bond donors (Lipinski definition) is 2. The molecule has 11 heteroatoms. The van der Waals surface area contributed by atoms with Crippen molar-refractivity contribution in [2.45, 2.75) is 52.8 Å². The molecule has 0 aliphatic carbocycles. The van der Waals surface area contributed by atoms with Crippen LogP contribution in [0.1, 0.15) is 50.4 Å². The number of nitrogens with zero attached hydrogens (tertiary/aromatic N) is 2. The quantitative estimate of drug-likeness (QED) is 0.594. The number of ether oxygens (including phenoxy) is 1. The van der Waals surface area contributed by atoms with Crippen molar-refractivity contribution in [2.24, 2.45) is 10.4 Å². The Morgan fingerprint density at radius 3 is 2.73 bits per heavy atom. The number of carbonyl (C=O) groups is 3. The highest BCUT2D eigenvalue weighted by molar-refractivity contribution is 7.07. The van der Waals surface area contributed by atoms with E-state index in [1.165, 1.54) is 28.0 Å². The molecular formula is C22H28ClFN4O4S. The minimum Gasteiger partial charge on any atom is -0.443 e. The molecule has 1 fully saturated rings. The van der Waals surface area contributed by atoms with E-state index in [-0.39, 0.29) is 60.1 Å². The maximum absolute atomic E-state index is 14.4. The lowest BCUT2D eigenvalue weighted by Gasteiger charge is -2.17. The number of benzene rings is 1. The summed E-state index contributed by atoms with van der Waals surface area (Å²) in [6.07, 6.45) is 3.56. The van der Waals surface area contributed by atoms with Crippen LogP contribution in [0.4, 0.5) is 10.1 Å². The van der Waals surface area contributed by atoms with Crippen LogP contribution in [-0.2, 0) is 21.1 Å². The number of carbonyl (C=O) groups excluding carboxylic acids is 3. The molecule has 0 saturated carbocycles. The van der Waals surface area contributed by atoms with E-state index in [1.54, 1.807) is 11.6 Å². The molecule has 0 bridgehead atoms. The number of aromatic nitrogens is 1. The maximum atomic E-state index is 14.4. The molecule has 3 rings (SSSR count). The minimum absolute atomic E-state index is 0. The standard InChI is InChI=1S/C22H27FN4O4S.ClH/c1-22(2,3)12-18(28)25-16-7-6-14(11-15(16)23)19(29)26-21-27(9-10-32-21)13-31-20(30)17-5-4-8-24-17;/h6-7,9-11,17,24H,4-5,8,12-13H2,1-3H3,(H,25,28);1H/t17-;/m0./s1. The van der Waals surface area contributed by atoms with Gasteiger partial charge in [-0.1, -0.05) is 20.8 Å². The summed E-state index contributed by atoms with van der Waals surface area (Å²) in [6, 6.07) is 3.49. The van der Waals surface area contributed by atoms with Crippen molar-refractivity contribution in [1.82, 2.24) is 9.88 Å². The fraction of sp³-hybridized carbons (Fsp3) is 0.455. The zero-order valence-corrected chi connectivity index (χ0v) is 20.4. The first-order valence-corrected chi connectivity index (χ1v) is 11.2. The van der Waals surface area contributed by atoms with Crippen molar-refractivity contribution in [2.75, 3.05) is 11.9 Å². The minimum atomic E-state index is -0.717. The third-order valence-electron chi connectivity index (χ3n) is 4.73. The van der Waals surface area contributed by atoms with Gasteiger partial charge in [-0.2, -0.15) is 4.99 Å². The highest BCUT2D eigenvalue weighted by atomic mass is 35.5. The van der Waals surface area contributed by atoms with Crippen LogP contribution in [0.3, 0.4) is 0 Å². The summed E-state index contributed by atoms with van der Waals surface area (Å²) in [6.45, 7) is 6.46. The van der Waals surface area contributed by atoms with E-state index in [1.807, 2.05) is 20.8 Å². The number of halogens is 2. The van der Waals surface area contributed by atoms with Crippen LogP contribution < -0.4 is 15.4 Å². The average Bonchev–Trinajstić information content (AvgIpc) is 3.38. The lowest BCUT2D eigenvalue weighted by Crippen LogP contribution is -2.33. The SMILES string of the molecule is CC(C)(C)CC(=O)Nc1ccc(C(=O)N=c2sccn2COC(=O)[C@@H]2CCCN2)cc1F.Cl. The molecule has 33 heavy (non-hydrogen) atoms. The lowest BCUT2D eigenvalue weighted by molar-refractivity contribution is -0.149. The first-order valence-electron chi connectivity index (χ1n) is 10.3. The Morgan fingerprint density at radius 1 is 1.33 bits per heavy atom. The number of hydrogen-bond acceptors (Lipinski definition) is 6. The van der Waals surface area contributed by atoms with Gasteiger partial charge in [0.05, 0.1) is 5.69 Å². The van der Waals surface area contributed by atoms with Gasteiger partial charge in [0.1, 0.15) is 11.9 Å². The largest absolute Gasteiger partial charge is 0.443 e. The van der Waals surface area contributed by atoms with Crippen LogP contribution in [0.5, 0.6) is 0 Å². The van der Waals surface area contributed by atoms with Crippen LogP contribution in [-0.4, -0.2) is 34.9 Å². The van der Waals surface area contributed by atoms with Crippen LogP contribution in [0.25, 0.3) is 0 Å². The molecular weight excluding hydrogens is 471 g/mol. The summed E-state index contributed by atoms with van der Waals surface area (Å²) in [5.41, 5.74) is -0.175. The summed E-state index contributed by atoms with van der Waals surface area (Å²) in [4.78, 5) is 41.0. The normalized spacial score (nSPS) is 16.2. The lowest BCUT2D eigenvalue weighted by atomic mass is 9.92. The third kappa shape index (κ3) is 7.76. The molecule has 1 aliphatic heterocycles. The van der Waals surface area contributed by atoms with Crippen molar-refractivity contribution in [3.63, 3.8) is 0 Å². The van der Waals surface area contributed by atoms with Gasteiger partial charge < -0.3 is 15.4 Å². The second-order valence-electron chi connectivity index (χ2n) is 8.79. The molecule has 1 aromatic heterocycles. The van der Waals surface area contributed by atoms with Gasteiger partial charge in [0, 0.05) is 23.6 Å². The number of esters is 1. The molecule has 2 heterocycles. The smallest absolute Gasteiger partial charge is 0.324 e. The topological polar surface area (TPSA) is 102 Å². The molecule has 1 aromatic carbocycles. The predicted molar refractivity (Wildman–Crippen MR) is 126 cm³/mol. The van der Waals surface area contributed by atoms with Gasteiger partial charge in [0.25, 0.3) is 5.91 Å². The molecule has 180 valence electrons. The van der Waals surface area contributed by atoms with Crippen LogP contribution in [0.2, 0.25) is 0 Å². The van der Waals surface area contributed by atoms with Gasteiger partial charge in [-0.25, -0.2) is 4.39 Å². The van der Waals surface area contributed by atoms with Gasteiger partial charge in [0.15, 0.2) is 11.5 Å². The Bertz CT molecular complexity index is 1070. The Balaban J connectivity index is 0.00000385. The highest BCUT2D eigenvalue weighted by Crippen LogP contribution is 2.21. The predicted octanol–water partition coefficient (Wildman–Crippen LogP) is 3.48. The Labute approximate surface area is 201 Å². The molecule has 2 amide bonds. The van der Waals surface area contributed by atoms with Gasteiger partial charge in [0.2, 0.25) is 5.91 Å². The molecule has 0 spiro atoms. The Hall–Kier alpha value is -2.56. The second kappa shape index (κ2) is 11.5. The number of nitrogens with one attached hydrogen (secondary N) is 2. The van der Waals surface area contributed by atoms with E-state index >= 15 is 0 Å². The van der Waals surface area contributed by atoms with E-state index < -0.39 is 11.7 Å². The molecule has 2 aromatic rings. The third-order valence-corrected chi connectivity index (χ3v) is 5.52. The van der Waals surface area contributed by atoms with E-state index in [9.17, 15) is 18.8 Å². The van der Waals surface area contributed by atoms with Gasteiger partial charge in [-0.05, 0) is 43.0 Å². The first kappa shape index (κ1) is 26.7. The summed E-state index contributed by atoms with van der Waals surface area (Å²) in [7, 11) is 0. The van der Waals surface area contributed by atoms with Crippen LogP contribution in [0.15, 0.2) is 34.8 Å². The number of rotatable bonds is 6. The molecule has 1 atom stereocenters. The van der Waals surface area contributed by atoms with Crippen LogP contribution in [0, 0.1) is 11.2 Å². The molecule has 1 saturated heterocycles. The van der Waals surface area contributed by atoms with Crippen molar-refractivity contribution in [3.05, 3.63) is 46.0 Å². The zero-order chi connectivity index (χ0) is 23.3. The van der Waals surface area contributed by atoms with E-state index in [0.717, 1.165) is 25.5 Å². The summed E-state index contributed by atoms with van der Waals surface area (Å²) in [5, 5.41) is 7.30. The van der Waals surface area contributed by atoms with E-state index in [4.69, 9.17) is 4.74 Å². The summed E-state index contributed by atoms with van der Waals surface area (Å²) < 4.78 is 21.3. The van der Waals surface area contributed by atoms with Crippen molar-refractivity contribution in [1.29, 1.82) is 0 Å². The summed E-state index contributed by atoms with van der Waals surface area (Å²) >= 11 is 1.20. The first-order chi connectivity index (χ1) is 15.1. The molecule has 1 aliphatic rings. The zero-order valence-electron chi connectivity index (χ0n) is 18.7. The number of anilines is 1. The Kier molecular flexibility index (Phi) is 9.33. The molecule has 8 nitrogen and oxygen atoms in total. The van der Waals surface area contributed by atoms with Crippen LogP contribution >= 0.6 is 23.7 Å². The second-order valence-corrected chi connectivity index (χ2v) is 9.67. The average molecular weight is 499 g/mol. The fourth-order valence-electron chi connectivity index (χ4n) is 3.18. The number of amides is 2. The van der Waals surface area contributed by atoms with Gasteiger partial charge >= 0.3 is 5.97 Å². The van der Waals surface area contributed by atoms with Crippen molar-refractivity contribution < 1.29 is 23.5 Å². The van der Waals surface area contributed by atoms with Gasteiger partial charge in [-0.3, -0.25) is 19.0 Å². The maximum Gasteiger partial charge on any atom is 0.324 e. The fourth-order valence-corrected chi connectivity index (χ4v) is 3.90. The molecule has 2 N–H and O–H groups in total. The number of thiazole rings is 1. The van der Waals surface area contributed by atoms with Gasteiger partial charge in [-0.15, -0.1) is 23.7 Å². The summed E-state index contributed by atoms with van der Waals surface area (Å²) in [5.74, 6) is -2.01. The Morgan fingerprint density at radius 2 is 2.09 bits per heavy atom. The monoisotopic (exact) mass is 498 g/mol. The van der Waals surface area contributed by atoms with Crippen molar-refractivity contribution >= 4 is 47.2 Å². The highest BCUT2D eigenvalue weighted by Gasteiger charge is 2.23.